The van der Waals surface area contributed by atoms with Crippen molar-refractivity contribution >= 4 is 29.8 Å². The summed E-state index contributed by atoms with van der Waals surface area (Å²) in [4.78, 5) is 96.3. The van der Waals surface area contributed by atoms with Crippen LogP contribution >= 0.6 is 0 Å². The number of benzene rings is 4. The fraction of sp³-hybridized carbons (Fsp3) is 0.340. The zero-order valence-corrected chi connectivity index (χ0v) is 37.7. The largest absolute Gasteiger partial charge is 0.459 e. The smallest absolute Gasteiger partial charge is 0.338 e. The zero-order chi connectivity index (χ0) is 49.2. The van der Waals surface area contributed by atoms with Gasteiger partial charge in [-0.1, -0.05) is 72.8 Å². The molecule has 0 radical (unpaired) electrons. The minimum Gasteiger partial charge on any atom is -0.459 e. The summed E-state index contributed by atoms with van der Waals surface area (Å²) >= 11 is 0. The molecule has 2 saturated heterocycles. The predicted octanol–water partition coefficient (Wildman–Crippen LogP) is 3.97. The van der Waals surface area contributed by atoms with Crippen molar-refractivity contribution in [3.8, 4) is 0 Å². The van der Waals surface area contributed by atoms with Gasteiger partial charge in [-0.3, -0.25) is 14.2 Å². The van der Waals surface area contributed by atoms with Gasteiger partial charge in [-0.15, -0.1) is 0 Å². The van der Waals surface area contributed by atoms with Crippen molar-refractivity contribution in [3.63, 3.8) is 0 Å². The van der Waals surface area contributed by atoms with E-state index in [-0.39, 0.29) is 34.2 Å². The minimum absolute atomic E-state index is 0.0424. The van der Waals surface area contributed by atoms with E-state index >= 15 is 0 Å². The molecule has 0 unspecified atom stereocenters. The maximum Gasteiger partial charge on any atom is 0.338 e. The predicted molar refractivity (Wildman–Crippen MR) is 239 cm³/mol. The number of hydrogen-bond donors (Lipinski definition) is 2. The van der Waals surface area contributed by atoms with Gasteiger partial charge in [0.05, 0.1) is 52.5 Å². The second kappa shape index (κ2) is 22.2. The van der Waals surface area contributed by atoms with E-state index in [0.29, 0.717) is 4.57 Å². The summed E-state index contributed by atoms with van der Waals surface area (Å²) in [6.45, 7) is 1.85. The Kier molecular flexibility index (Phi) is 16.0. The summed E-state index contributed by atoms with van der Waals surface area (Å²) in [6.07, 6.45) is -11.3. The van der Waals surface area contributed by atoms with Crippen LogP contribution in [0.1, 0.15) is 80.4 Å². The van der Waals surface area contributed by atoms with Gasteiger partial charge < -0.3 is 48.1 Å². The SMILES string of the molecule is CC(C)(C)C(=O)OCn1c(=O)c(CO[C@@H]2O[C@H](COC(=O)c3ccccc3)[C@@H](OC(=O)c3ccccc3)[C@H](OC(=O)c3ccccc3)[C@H]2OC(=O)c2ccccc2)cn([C@H]2C[C@H](O)[C@@H](CO)O2)c1=O. The first-order chi connectivity index (χ1) is 33.1. The number of esters is 5. The topological polar surface area (TPSA) is 244 Å². The number of aromatic nitrogens is 2. The Morgan fingerprint density at radius 1 is 0.638 bits per heavy atom. The summed E-state index contributed by atoms with van der Waals surface area (Å²) in [6, 6.07) is 31.2. The molecule has 0 spiro atoms. The lowest BCUT2D eigenvalue weighted by Crippen LogP contribution is -2.63. The molecule has 4 aromatic carbocycles. The minimum atomic E-state index is -1.84. The highest BCUT2D eigenvalue weighted by atomic mass is 16.7. The van der Waals surface area contributed by atoms with Gasteiger partial charge in [0.1, 0.15) is 25.0 Å². The molecule has 1 aromatic heterocycles. The third kappa shape index (κ3) is 12.1. The molecule has 0 bridgehead atoms. The van der Waals surface area contributed by atoms with Crippen LogP contribution in [-0.2, 0) is 56.0 Å². The number of rotatable bonds is 16. The molecule has 8 atom stereocenters. The number of carbonyl (C=O) groups is 5. The first kappa shape index (κ1) is 49.6. The van der Waals surface area contributed by atoms with Crippen LogP contribution in [-0.4, -0.2) is 105 Å². The van der Waals surface area contributed by atoms with Crippen molar-refractivity contribution in [3.05, 3.63) is 176 Å². The van der Waals surface area contributed by atoms with Gasteiger partial charge in [0.15, 0.2) is 31.3 Å². The summed E-state index contributed by atoms with van der Waals surface area (Å²) < 4.78 is 49.4. The first-order valence-electron chi connectivity index (χ1n) is 21.9. The Labute approximate surface area is 394 Å². The number of nitrogens with zero attached hydrogens (tertiary/aromatic N) is 2. The highest BCUT2D eigenvalue weighted by Crippen LogP contribution is 2.33. The Hall–Kier alpha value is -7.29. The van der Waals surface area contributed by atoms with E-state index in [1.165, 1.54) is 48.5 Å². The van der Waals surface area contributed by atoms with Gasteiger partial charge in [-0.25, -0.2) is 28.5 Å². The molecular weight excluding hydrogens is 901 g/mol. The first-order valence-corrected chi connectivity index (χ1v) is 21.9. The number of carbonyl (C=O) groups excluding carboxylic acids is 5. The second-order valence-corrected chi connectivity index (χ2v) is 17.0. The number of aliphatic hydroxyl groups is 2. The van der Waals surface area contributed by atoms with E-state index < -0.39 is 122 Å². The van der Waals surface area contributed by atoms with Crippen LogP contribution in [0.25, 0.3) is 0 Å². The van der Waals surface area contributed by atoms with Crippen molar-refractivity contribution in [2.24, 2.45) is 5.41 Å². The molecule has 19 nitrogen and oxygen atoms in total. The van der Waals surface area contributed by atoms with Crippen molar-refractivity contribution in [1.29, 1.82) is 0 Å². The van der Waals surface area contributed by atoms with Crippen LogP contribution < -0.4 is 11.2 Å². The molecule has 3 heterocycles. The number of ether oxygens (including phenoxy) is 8. The second-order valence-electron chi connectivity index (χ2n) is 17.0. The van der Waals surface area contributed by atoms with Crippen LogP contribution in [0.15, 0.2) is 137 Å². The molecule has 2 aliphatic heterocycles. The molecule has 69 heavy (non-hydrogen) atoms. The lowest BCUT2D eigenvalue weighted by molar-refractivity contribution is -0.301. The van der Waals surface area contributed by atoms with E-state index in [1.807, 2.05) is 0 Å². The van der Waals surface area contributed by atoms with Crippen LogP contribution in [0.3, 0.4) is 0 Å². The highest BCUT2D eigenvalue weighted by molar-refractivity contribution is 5.91. The summed E-state index contributed by atoms with van der Waals surface area (Å²) in [5, 5.41) is 20.4. The van der Waals surface area contributed by atoms with Crippen molar-refractivity contribution in [1.82, 2.24) is 9.13 Å². The Bertz CT molecular complexity index is 2700. The Morgan fingerprint density at radius 2 is 1.12 bits per heavy atom. The van der Waals surface area contributed by atoms with Gasteiger partial charge in [0.2, 0.25) is 0 Å². The van der Waals surface area contributed by atoms with Crippen molar-refractivity contribution in [2.45, 2.75) is 89.7 Å². The Balaban J connectivity index is 1.32. The maximum atomic E-state index is 14.2. The van der Waals surface area contributed by atoms with E-state index in [9.17, 15) is 43.8 Å². The fourth-order valence-electron chi connectivity index (χ4n) is 7.32. The van der Waals surface area contributed by atoms with Crippen LogP contribution in [0.5, 0.6) is 0 Å². The molecule has 19 heteroatoms. The van der Waals surface area contributed by atoms with Crippen LogP contribution in [0.2, 0.25) is 0 Å². The zero-order valence-electron chi connectivity index (χ0n) is 37.7. The van der Waals surface area contributed by atoms with Crippen molar-refractivity contribution in [2.75, 3.05) is 13.2 Å². The quantitative estimate of drug-likeness (QED) is 0.105. The summed E-state index contributed by atoms with van der Waals surface area (Å²) in [7, 11) is 0. The molecular formula is C50H50N2O17. The molecule has 7 rings (SSSR count). The van der Waals surface area contributed by atoms with E-state index in [0.717, 1.165) is 10.8 Å². The fourth-order valence-corrected chi connectivity index (χ4v) is 7.32. The van der Waals surface area contributed by atoms with Crippen LogP contribution in [0.4, 0.5) is 0 Å². The lowest BCUT2D eigenvalue weighted by Gasteiger charge is -2.44. The van der Waals surface area contributed by atoms with Crippen molar-refractivity contribution < 1.29 is 72.1 Å². The standard InChI is InChI=1S/C50H50N2O17/c1-50(2,3)48(60)64-29-52-42(55)34(25-51(49(52)61)38-24-35(54)36(26-53)65-38)27-63-47-41(69-46(59)33-22-14-7-15-23-33)40(68-45(58)32-20-12-6-13-21-32)39(67-44(57)31-18-10-5-11-19-31)37(66-47)28-62-43(56)30-16-8-4-9-17-30/h4-23,25,35-41,47,53-54H,24,26-29H2,1-3H3/t35-,36+,37+,38+,39+,40-,41+,47+/m0/s1. The molecule has 0 saturated carbocycles. The maximum absolute atomic E-state index is 14.2. The lowest BCUT2D eigenvalue weighted by atomic mass is 9.97. The average molecular weight is 951 g/mol. The normalized spacial score (nSPS) is 22.2. The average Bonchev–Trinajstić information content (AvgIpc) is 3.74. The molecule has 0 aliphatic carbocycles. The molecule has 2 aliphatic rings. The van der Waals surface area contributed by atoms with E-state index in [2.05, 4.69) is 0 Å². The number of hydrogen-bond acceptors (Lipinski definition) is 17. The van der Waals surface area contributed by atoms with Gasteiger partial charge in [0.25, 0.3) is 5.56 Å². The summed E-state index contributed by atoms with van der Waals surface area (Å²) in [5.41, 5.74) is -2.99. The highest BCUT2D eigenvalue weighted by Gasteiger charge is 2.54. The van der Waals surface area contributed by atoms with E-state index in [4.69, 9.17) is 37.9 Å². The van der Waals surface area contributed by atoms with Gasteiger partial charge >= 0.3 is 35.5 Å². The van der Waals surface area contributed by atoms with Crippen LogP contribution in [0, 0.1) is 5.41 Å². The van der Waals surface area contributed by atoms with E-state index in [1.54, 1.807) is 93.6 Å². The third-order valence-corrected chi connectivity index (χ3v) is 11.0. The molecule has 0 amide bonds. The number of aliphatic hydroxyl groups excluding tert-OH is 2. The Morgan fingerprint density at radius 3 is 1.59 bits per heavy atom. The molecule has 2 N–H and O–H groups in total. The van der Waals surface area contributed by atoms with Gasteiger partial charge in [-0.05, 0) is 69.3 Å². The van der Waals surface area contributed by atoms with Gasteiger partial charge in [-0.2, -0.15) is 0 Å². The molecule has 362 valence electrons. The third-order valence-electron chi connectivity index (χ3n) is 11.0. The summed E-state index contributed by atoms with van der Waals surface area (Å²) in [5.74, 6) is -4.39. The molecule has 5 aromatic rings. The monoisotopic (exact) mass is 950 g/mol. The molecule has 2 fully saturated rings. The van der Waals surface area contributed by atoms with Gasteiger partial charge in [0, 0.05) is 12.6 Å².